The molecule has 0 atom stereocenters. The zero-order valence-electron chi connectivity index (χ0n) is 18.3. The van der Waals surface area contributed by atoms with Crippen LogP contribution in [0.15, 0.2) is 53.0 Å². The third kappa shape index (κ3) is 8.25. The standard InChI is InChI=1S/C24H32N2O4/c1-5-6-7-14-25-23(28)17-26(16-22-11-8-19(2)29-22)15-20-9-12-21(13-10-20)30-24(3,4)18-27/h6-13,18H,5,14-17H2,1-4H3,(H,25,28)/b7-6-. The van der Waals surface area contributed by atoms with Crippen LogP contribution in [0.3, 0.4) is 0 Å². The van der Waals surface area contributed by atoms with Crippen LogP contribution in [0.25, 0.3) is 0 Å². The lowest BCUT2D eigenvalue weighted by molar-refractivity contribution is -0.122. The summed E-state index contributed by atoms with van der Waals surface area (Å²) >= 11 is 0. The number of nitrogens with one attached hydrogen (secondary N) is 1. The summed E-state index contributed by atoms with van der Waals surface area (Å²) in [4.78, 5) is 25.5. The number of aldehydes is 1. The van der Waals surface area contributed by atoms with Gasteiger partial charge in [0, 0.05) is 13.1 Å². The number of carbonyl (C=O) groups excluding carboxylic acids is 2. The minimum Gasteiger partial charge on any atom is -0.480 e. The van der Waals surface area contributed by atoms with Crippen LogP contribution < -0.4 is 10.1 Å². The van der Waals surface area contributed by atoms with E-state index >= 15 is 0 Å². The van der Waals surface area contributed by atoms with Crippen molar-refractivity contribution in [1.29, 1.82) is 0 Å². The van der Waals surface area contributed by atoms with Gasteiger partial charge in [0.2, 0.25) is 5.91 Å². The van der Waals surface area contributed by atoms with Crippen LogP contribution >= 0.6 is 0 Å². The van der Waals surface area contributed by atoms with Crippen molar-refractivity contribution in [2.45, 2.75) is 52.8 Å². The van der Waals surface area contributed by atoms with Gasteiger partial charge in [-0.1, -0.05) is 31.2 Å². The third-order valence-corrected chi connectivity index (χ3v) is 4.36. The summed E-state index contributed by atoms with van der Waals surface area (Å²) < 4.78 is 11.4. The van der Waals surface area contributed by atoms with Gasteiger partial charge in [0.05, 0.1) is 13.1 Å². The molecule has 0 bridgehead atoms. The number of aryl methyl sites for hydroxylation is 1. The Labute approximate surface area is 178 Å². The monoisotopic (exact) mass is 412 g/mol. The molecule has 1 aromatic heterocycles. The largest absolute Gasteiger partial charge is 0.480 e. The molecule has 1 N–H and O–H groups in total. The lowest BCUT2D eigenvalue weighted by Gasteiger charge is -2.22. The first-order valence-corrected chi connectivity index (χ1v) is 10.2. The quantitative estimate of drug-likeness (QED) is 0.421. The molecule has 0 aliphatic heterocycles. The molecule has 6 nitrogen and oxygen atoms in total. The van der Waals surface area contributed by atoms with Crippen LogP contribution in [0.4, 0.5) is 0 Å². The summed E-state index contributed by atoms with van der Waals surface area (Å²) in [6, 6.07) is 11.4. The van der Waals surface area contributed by atoms with Gasteiger partial charge >= 0.3 is 0 Å². The predicted octanol–water partition coefficient (Wildman–Crippen LogP) is 4.03. The lowest BCUT2D eigenvalue weighted by atomic mass is 10.1. The Hall–Kier alpha value is -2.86. The summed E-state index contributed by atoms with van der Waals surface area (Å²) in [5.74, 6) is 2.26. The first-order valence-electron chi connectivity index (χ1n) is 10.2. The van der Waals surface area contributed by atoms with E-state index in [2.05, 4.69) is 12.2 Å². The van der Waals surface area contributed by atoms with Crippen molar-refractivity contribution in [1.82, 2.24) is 10.2 Å². The van der Waals surface area contributed by atoms with Gasteiger partial charge in [-0.3, -0.25) is 14.5 Å². The van der Waals surface area contributed by atoms with Gasteiger partial charge < -0.3 is 14.5 Å². The maximum Gasteiger partial charge on any atom is 0.234 e. The smallest absolute Gasteiger partial charge is 0.234 e. The fourth-order valence-electron chi connectivity index (χ4n) is 2.89. The molecular weight excluding hydrogens is 380 g/mol. The number of amides is 1. The zero-order chi connectivity index (χ0) is 22.0. The molecule has 0 aliphatic rings. The molecule has 0 saturated carbocycles. The maximum absolute atomic E-state index is 12.4. The van der Waals surface area contributed by atoms with Crippen molar-refractivity contribution in [3.05, 3.63) is 65.6 Å². The molecule has 162 valence electrons. The molecule has 1 heterocycles. The average molecular weight is 413 g/mol. The molecule has 1 amide bonds. The van der Waals surface area contributed by atoms with Gasteiger partial charge in [-0.15, -0.1) is 0 Å². The molecule has 2 rings (SSSR count). The van der Waals surface area contributed by atoms with Gasteiger partial charge in [0.25, 0.3) is 0 Å². The van der Waals surface area contributed by atoms with E-state index < -0.39 is 5.60 Å². The number of allylic oxidation sites excluding steroid dienone is 1. The molecule has 0 spiro atoms. The Morgan fingerprint density at radius 1 is 1.13 bits per heavy atom. The topological polar surface area (TPSA) is 71.8 Å². The van der Waals surface area contributed by atoms with Crippen LogP contribution in [0.2, 0.25) is 0 Å². The number of carbonyl (C=O) groups is 2. The van der Waals surface area contributed by atoms with Gasteiger partial charge in [0.15, 0.2) is 11.9 Å². The van der Waals surface area contributed by atoms with Crippen molar-refractivity contribution in [2.24, 2.45) is 0 Å². The van der Waals surface area contributed by atoms with Crippen LogP contribution in [-0.4, -0.2) is 35.8 Å². The van der Waals surface area contributed by atoms with Crippen molar-refractivity contribution in [3.8, 4) is 5.75 Å². The minimum absolute atomic E-state index is 0.0354. The third-order valence-electron chi connectivity index (χ3n) is 4.36. The van der Waals surface area contributed by atoms with Crippen LogP contribution in [0, 0.1) is 6.92 Å². The Morgan fingerprint density at radius 2 is 1.87 bits per heavy atom. The highest BCUT2D eigenvalue weighted by atomic mass is 16.5. The Balaban J connectivity index is 2.03. The van der Waals surface area contributed by atoms with Crippen molar-refractivity contribution in [2.75, 3.05) is 13.1 Å². The molecule has 0 fully saturated rings. The first kappa shape index (κ1) is 23.4. The second-order valence-electron chi connectivity index (χ2n) is 7.81. The average Bonchev–Trinajstić information content (AvgIpc) is 3.11. The van der Waals surface area contributed by atoms with Crippen LogP contribution in [0.5, 0.6) is 5.75 Å². The van der Waals surface area contributed by atoms with E-state index in [9.17, 15) is 9.59 Å². The van der Waals surface area contributed by atoms with Gasteiger partial charge in [0.1, 0.15) is 17.3 Å². The highest BCUT2D eigenvalue weighted by molar-refractivity contribution is 5.78. The number of rotatable bonds is 12. The van der Waals surface area contributed by atoms with Crippen molar-refractivity contribution < 1.29 is 18.7 Å². The van der Waals surface area contributed by atoms with E-state index in [0.29, 0.717) is 25.4 Å². The number of nitrogens with zero attached hydrogens (tertiary/aromatic N) is 1. The molecule has 6 heteroatoms. The fraction of sp³-hybridized carbons (Fsp3) is 0.417. The minimum atomic E-state index is -0.866. The number of hydrogen-bond donors (Lipinski definition) is 1. The van der Waals surface area contributed by atoms with Gasteiger partial charge in [-0.25, -0.2) is 0 Å². The number of hydrogen-bond acceptors (Lipinski definition) is 5. The molecule has 0 aliphatic carbocycles. The number of benzene rings is 1. The fourth-order valence-corrected chi connectivity index (χ4v) is 2.89. The second kappa shape index (κ2) is 11.4. The number of ether oxygens (including phenoxy) is 1. The second-order valence-corrected chi connectivity index (χ2v) is 7.81. The normalized spacial score (nSPS) is 11.8. The zero-order valence-corrected chi connectivity index (χ0v) is 18.3. The van der Waals surface area contributed by atoms with E-state index in [0.717, 1.165) is 29.8 Å². The van der Waals surface area contributed by atoms with Crippen LogP contribution in [0.1, 0.15) is 44.3 Å². The van der Waals surface area contributed by atoms with Gasteiger partial charge in [-0.05, 0) is 57.0 Å². The van der Waals surface area contributed by atoms with Crippen molar-refractivity contribution in [3.63, 3.8) is 0 Å². The van der Waals surface area contributed by atoms with E-state index in [4.69, 9.17) is 9.15 Å². The van der Waals surface area contributed by atoms with Crippen LogP contribution in [-0.2, 0) is 22.7 Å². The molecular formula is C24H32N2O4. The Bertz CT molecular complexity index is 837. The molecule has 2 aromatic rings. The molecule has 30 heavy (non-hydrogen) atoms. The van der Waals surface area contributed by atoms with Crippen molar-refractivity contribution >= 4 is 12.2 Å². The summed E-state index contributed by atoms with van der Waals surface area (Å²) in [6.07, 6.45) is 5.71. The summed E-state index contributed by atoms with van der Waals surface area (Å²) in [5.41, 5.74) is 0.169. The van der Waals surface area contributed by atoms with E-state index in [1.165, 1.54) is 0 Å². The highest BCUT2D eigenvalue weighted by Gasteiger charge is 2.18. The summed E-state index contributed by atoms with van der Waals surface area (Å²) in [6.45, 7) is 9.29. The Kier molecular flexibility index (Phi) is 8.87. The number of furan rings is 1. The first-order chi connectivity index (χ1) is 14.3. The summed E-state index contributed by atoms with van der Waals surface area (Å²) in [7, 11) is 0. The molecule has 0 radical (unpaired) electrons. The molecule has 0 unspecified atom stereocenters. The highest BCUT2D eigenvalue weighted by Crippen LogP contribution is 2.19. The molecule has 0 saturated heterocycles. The van der Waals surface area contributed by atoms with E-state index in [1.54, 1.807) is 13.8 Å². The van der Waals surface area contributed by atoms with Gasteiger partial charge in [-0.2, -0.15) is 0 Å². The summed E-state index contributed by atoms with van der Waals surface area (Å²) in [5, 5.41) is 2.91. The maximum atomic E-state index is 12.4. The molecule has 1 aromatic carbocycles. The lowest BCUT2D eigenvalue weighted by Crippen LogP contribution is -2.36. The predicted molar refractivity (Wildman–Crippen MR) is 117 cm³/mol. The van der Waals surface area contributed by atoms with E-state index in [-0.39, 0.29) is 12.5 Å². The Morgan fingerprint density at radius 3 is 2.47 bits per heavy atom. The van der Waals surface area contributed by atoms with E-state index in [1.807, 2.05) is 60.4 Å². The SMILES string of the molecule is CC/C=C\CNC(=O)CN(Cc1ccc(OC(C)(C)C=O)cc1)Cc1ccc(C)o1.